The minimum Gasteiger partial charge on any atom is -0.324 e. The number of carbonyl (C=O) groups is 1. The van der Waals surface area contributed by atoms with Gasteiger partial charge in [0.25, 0.3) is 0 Å². The number of amides is 1. The third-order valence-corrected chi connectivity index (χ3v) is 3.97. The zero-order chi connectivity index (χ0) is 13.5. The molecule has 0 heterocycles. The van der Waals surface area contributed by atoms with Gasteiger partial charge in [-0.3, -0.25) is 4.79 Å². The average molecular weight is 281 g/mol. The van der Waals surface area contributed by atoms with Crippen molar-refractivity contribution in [3.8, 4) is 0 Å². The van der Waals surface area contributed by atoms with Crippen LogP contribution >= 0.6 is 11.6 Å². The van der Waals surface area contributed by atoms with Crippen LogP contribution in [0.4, 0.5) is 5.69 Å². The van der Waals surface area contributed by atoms with E-state index in [9.17, 15) is 4.79 Å². The molecule has 1 aromatic carbocycles. The summed E-state index contributed by atoms with van der Waals surface area (Å²) in [4.78, 5) is 11.7. The Kier molecular flexibility index (Phi) is 5.67. The lowest BCUT2D eigenvalue weighted by Crippen LogP contribution is -2.29. The molecule has 1 aromatic rings. The summed E-state index contributed by atoms with van der Waals surface area (Å²) in [7, 11) is 0. The quantitative estimate of drug-likeness (QED) is 0.784. The highest BCUT2D eigenvalue weighted by atomic mass is 35.5. The summed E-state index contributed by atoms with van der Waals surface area (Å²) in [6, 6.07) is 7.27. The Morgan fingerprint density at radius 3 is 2.74 bits per heavy atom. The molecule has 104 valence electrons. The van der Waals surface area contributed by atoms with E-state index in [0.717, 1.165) is 12.5 Å². The first-order valence-electron chi connectivity index (χ1n) is 7.01. The van der Waals surface area contributed by atoms with Crippen LogP contribution < -0.4 is 10.6 Å². The molecular formula is C15H21ClN2O. The number of carbonyl (C=O) groups excluding carboxylic acids is 1. The number of hydrogen-bond acceptors (Lipinski definition) is 2. The molecule has 1 aliphatic carbocycles. The number of hydrogen-bond donors (Lipinski definition) is 2. The van der Waals surface area contributed by atoms with Crippen LogP contribution in [-0.2, 0) is 4.79 Å². The van der Waals surface area contributed by atoms with Crippen molar-refractivity contribution in [2.24, 2.45) is 5.92 Å². The molecule has 1 aliphatic rings. The highest BCUT2D eigenvalue weighted by molar-refractivity contribution is 6.33. The van der Waals surface area contributed by atoms with Gasteiger partial charge < -0.3 is 10.6 Å². The molecule has 19 heavy (non-hydrogen) atoms. The van der Waals surface area contributed by atoms with Crippen molar-refractivity contribution < 1.29 is 4.79 Å². The first kappa shape index (κ1) is 14.4. The molecule has 0 spiro atoms. The Morgan fingerprint density at radius 2 is 2.00 bits per heavy atom. The molecule has 0 atom stereocenters. The van der Waals surface area contributed by atoms with E-state index >= 15 is 0 Å². The Hall–Kier alpha value is -1.06. The molecule has 1 saturated carbocycles. The van der Waals surface area contributed by atoms with E-state index in [-0.39, 0.29) is 5.91 Å². The second kappa shape index (κ2) is 7.51. The summed E-state index contributed by atoms with van der Waals surface area (Å²) in [6.07, 6.45) is 6.63. The fourth-order valence-electron chi connectivity index (χ4n) is 2.56. The first-order valence-corrected chi connectivity index (χ1v) is 7.38. The molecule has 0 radical (unpaired) electrons. The van der Waals surface area contributed by atoms with E-state index in [4.69, 9.17) is 11.6 Å². The Labute approximate surface area is 119 Å². The smallest absolute Gasteiger partial charge is 0.238 e. The van der Waals surface area contributed by atoms with Gasteiger partial charge >= 0.3 is 0 Å². The maximum Gasteiger partial charge on any atom is 0.238 e. The van der Waals surface area contributed by atoms with E-state index in [1.54, 1.807) is 12.1 Å². The van der Waals surface area contributed by atoms with Gasteiger partial charge in [-0.1, -0.05) is 49.4 Å². The molecule has 1 amide bonds. The van der Waals surface area contributed by atoms with Gasteiger partial charge in [0, 0.05) is 0 Å². The summed E-state index contributed by atoms with van der Waals surface area (Å²) in [5.41, 5.74) is 0.673. The zero-order valence-corrected chi connectivity index (χ0v) is 11.9. The fourth-order valence-corrected chi connectivity index (χ4v) is 2.75. The van der Waals surface area contributed by atoms with Gasteiger partial charge in [-0.05, 0) is 31.0 Å². The summed E-state index contributed by atoms with van der Waals surface area (Å²) in [5, 5.41) is 6.57. The van der Waals surface area contributed by atoms with E-state index in [1.165, 1.54) is 32.1 Å². The third kappa shape index (κ3) is 4.84. The minimum atomic E-state index is -0.0421. The summed E-state index contributed by atoms with van der Waals surface area (Å²) in [6.45, 7) is 1.26. The standard InChI is InChI=1S/C15H21ClN2O/c16-13-7-3-4-8-14(13)18-15(19)11-17-10-9-12-5-1-2-6-12/h3-4,7-8,12,17H,1-2,5-6,9-11H2,(H,18,19). The van der Waals surface area contributed by atoms with E-state index in [1.807, 2.05) is 12.1 Å². The normalized spacial score (nSPS) is 15.6. The molecule has 0 bridgehead atoms. The van der Waals surface area contributed by atoms with Crippen LogP contribution in [0.5, 0.6) is 0 Å². The van der Waals surface area contributed by atoms with Gasteiger partial charge in [0.1, 0.15) is 0 Å². The van der Waals surface area contributed by atoms with Crippen molar-refractivity contribution in [2.75, 3.05) is 18.4 Å². The van der Waals surface area contributed by atoms with Crippen molar-refractivity contribution in [1.29, 1.82) is 0 Å². The molecule has 0 aromatic heterocycles. The van der Waals surface area contributed by atoms with Crippen molar-refractivity contribution in [3.63, 3.8) is 0 Å². The lowest BCUT2D eigenvalue weighted by atomic mass is 10.0. The molecule has 3 nitrogen and oxygen atoms in total. The van der Waals surface area contributed by atoms with Gasteiger partial charge in [0.05, 0.1) is 17.3 Å². The van der Waals surface area contributed by atoms with Gasteiger partial charge in [0.15, 0.2) is 0 Å². The lowest BCUT2D eigenvalue weighted by Gasteiger charge is -2.10. The maximum absolute atomic E-state index is 11.7. The third-order valence-electron chi connectivity index (χ3n) is 3.64. The Bertz CT molecular complexity index is 416. The van der Waals surface area contributed by atoms with Crippen molar-refractivity contribution in [2.45, 2.75) is 32.1 Å². The molecule has 0 saturated heterocycles. The highest BCUT2D eigenvalue weighted by Gasteiger charge is 2.14. The first-order chi connectivity index (χ1) is 9.25. The Balaban J connectivity index is 1.63. The predicted octanol–water partition coefficient (Wildman–Crippen LogP) is 3.45. The fraction of sp³-hybridized carbons (Fsp3) is 0.533. The topological polar surface area (TPSA) is 41.1 Å². The molecule has 4 heteroatoms. The second-order valence-electron chi connectivity index (χ2n) is 5.14. The van der Waals surface area contributed by atoms with Crippen LogP contribution in [-0.4, -0.2) is 19.0 Å². The number of benzene rings is 1. The molecule has 2 N–H and O–H groups in total. The van der Waals surface area contributed by atoms with E-state index in [0.29, 0.717) is 17.3 Å². The summed E-state index contributed by atoms with van der Waals surface area (Å²) >= 11 is 5.98. The second-order valence-corrected chi connectivity index (χ2v) is 5.55. The Morgan fingerprint density at radius 1 is 1.26 bits per heavy atom. The highest BCUT2D eigenvalue weighted by Crippen LogP contribution is 2.26. The molecule has 1 fully saturated rings. The average Bonchev–Trinajstić information content (AvgIpc) is 2.91. The number of rotatable bonds is 6. The summed E-state index contributed by atoms with van der Waals surface area (Å²) in [5.74, 6) is 0.818. The number of nitrogens with one attached hydrogen (secondary N) is 2. The van der Waals surface area contributed by atoms with Crippen molar-refractivity contribution >= 4 is 23.2 Å². The predicted molar refractivity (Wildman–Crippen MR) is 79.5 cm³/mol. The van der Waals surface area contributed by atoms with Crippen LogP contribution in [0.25, 0.3) is 0 Å². The van der Waals surface area contributed by atoms with Crippen molar-refractivity contribution in [3.05, 3.63) is 29.3 Å². The largest absolute Gasteiger partial charge is 0.324 e. The van der Waals surface area contributed by atoms with Crippen LogP contribution in [0.2, 0.25) is 5.02 Å². The number of para-hydroxylation sites is 1. The van der Waals surface area contributed by atoms with Crippen LogP contribution in [0.3, 0.4) is 0 Å². The van der Waals surface area contributed by atoms with Gasteiger partial charge in [-0.25, -0.2) is 0 Å². The van der Waals surface area contributed by atoms with Crippen LogP contribution in [0, 0.1) is 5.92 Å². The SMILES string of the molecule is O=C(CNCCC1CCCC1)Nc1ccccc1Cl. The maximum atomic E-state index is 11.7. The van der Waals surface area contributed by atoms with Gasteiger partial charge in [0.2, 0.25) is 5.91 Å². The molecule has 2 rings (SSSR count). The number of anilines is 1. The minimum absolute atomic E-state index is 0.0421. The van der Waals surface area contributed by atoms with Gasteiger partial charge in [-0.15, -0.1) is 0 Å². The van der Waals surface area contributed by atoms with Crippen LogP contribution in [0.15, 0.2) is 24.3 Å². The number of halogens is 1. The summed E-state index contributed by atoms with van der Waals surface area (Å²) < 4.78 is 0. The van der Waals surface area contributed by atoms with Gasteiger partial charge in [-0.2, -0.15) is 0 Å². The zero-order valence-electron chi connectivity index (χ0n) is 11.1. The van der Waals surface area contributed by atoms with Crippen LogP contribution in [0.1, 0.15) is 32.1 Å². The lowest BCUT2D eigenvalue weighted by molar-refractivity contribution is -0.115. The van der Waals surface area contributed by atoms with Crippen molar-refractivity contribution in [1.82, 2.24) is 5.32 Å². The van der Waals surface area contributed by atoms with E-state index in [2.05, 4.69) is 10.6 Å². The molecule has 0 aliphatic heterocycles. The monoisotopic (exact) mass is 280 g/mol. The molecular weight excluding hydrogens is 260 g/mol. The molecule has 0 unspecified atom stereocenters. The van der Waals surface area contributed by atoms with E-state index < -0.39 is 0 Å².